The summed E-state index contributed by atoms with van der Waals surface area (Å²) in [6.45, 7) is 11.6. The molecular formula is C20H36IN5. The molecule has 1 atom stereocenters. The molecule has 148 valence electrons. The zero-order valence-electron chi connectivity index (χ0n) is 16.7. The monoisotopic (exact) mass is 473 g/mol. The van der Waals surface area contributed by atoms with E-state index in [4.69, 9.17) is 0 Å². The van der Waals surface area contributed by atoms with Crippen LogP contribution in [0.1, 0.15) is 45.2 Å². The van der Waals surface area contributed by atoms with Crippen molar-refractivity contribution in [1.29, 1.82) is 0 Å². The number of benzene rings is 1. The summed E-state index contributed by atoms with van der Waals surface area (Å²) in [4.78, 5) is 6.94. The van der Waals surface area contributed by atoms with Gasteiger partial charge in [0.05, 0.1) is 6.04 Å². The second kappa shape index (κ2) is 11.8. The Morgan fingerprint density at radius 1 is 1.08 bits per heavy atom. The lowest BCUT2D eigenvalue weighted by atomic mass is 10.1. The molecule has 26 heavy (non-hydrogen) atoms. The van der Waals surface area contributed by atoms with Crippen LogP contribution in [0.2, 0.25) is 0 Å². The smallest absolute Gasteiger partial charge is 0.191 e. The molecular weight excluding hydrogens is 437 g/mol. The quantitative estimate of drug-likeness (QED) is 0.247. The summed E-state index contributed by atoms with van der Waals surface area (Å²) in [5.41, 5.74) is 1.52. The van der Waals surface area contributed by atoms with Gasteiger partial charge in [-0.15, -0.1) is 24.0 Å². The first kappa shape index (κ1) is 23.2. The van der Waals surface area contributed by atoms with E-state index in [0.29, 0.717) is 6.04 Å². The van der Waals surface area contributed by atoms with E-state index < -0.39 is 0 Å². The molecule has 1 unspecified atom stereocenters. The van der Waals surface area contributed by atoms with E-state index in [-0.39, 0.29) is 29.5 Å². The van der Waals surface area contributed by atoms with E-state index >= 15 is 0 Å². The summed E-state index contributed by atoms with van der Waals surface area (Å²) in [6.07, 6.45) is 2.60. The normalized spacial score (nSPS) is 16.8. The lowest BCUT2D eigenvalue weighted by Crippen LogP contribution is -2.46. The number of nitrogens with zero attached hydrogens (tertiary/aromatic N) is 2. The molecule has 0 aromatic heterocycles. The summed E-state index contributed by atoms with van der Waals surface area (Å²) in [6, 6.07) is 11.2. The van der Waals surface area contributed by atoms with Crippen LogP contribution in [-0.2, 0) is 0 Å². The maximum atomic E-state index is 4.36. The third kappa shape index (κ3) is 8.22. The number of aliphatic imine (C=N–C) groups is 1. The zero-order chi connectivity index (χ0) is 18.1. The number of hydrogen-bond donors (Lipinski definition) is 3. The molecule has 6 heteroatoms. The van der Waals surface area contributed by atoms with Crippen molar-refractivity contribution in [2.75, 3.05) is 39.8 Å². The van der Waals surface area contributed by atoms with Crippen LogP contribution in [0.15, 0.2) is 35.3 Å². The number of halogens is 1. The fraction of sp³-hybridized carbons (Fsp3) is 0.650. The maximum absolute atomic E-state index is 4.36. The minimum atomic E-state index is 0. The predicted molar refractivity (Wildman–Crippen MR) is 123 cm³/mol. The number of likely N-dealkylation sites (tertiary alicyclic amines) is 1. The molecule has 0 aliphatic carbocycles. The van der Waals surface area contributed by atoms with Gasteiger partial charge in [-0.25, -0.2) is 0 Å². The van der Waals surface area contributed by atoms with Gasteiger partial charge in [0.1, 0.15) is 0 Å². The van der Waals surface area contributed by atoms with E-state index in [1.165, 1.54) is 31.5 Å². The van der Waals surface area contributed by atoms with Gasteiger partial charge >= 0.3 is 0 Å². The van der Waals surface area contributed by atoms with Crippen LogP contribution >= 0.6 is 24.0 Å². The van der Waals surface area contributed by atoms with Crippen molar-refractivity contribution in [1.82, 2.24) is 20.9 Å². The second-order valence-corrected chi connectivity index (χ2v) is 7.73. The number of rotatable bonds is 7. The average Bonchev–Trinajstić information content (AvgIpc) is 3.11. The highest BCUT2D eigenvalue weighted by atomic mass is 127. The standard InChI is InChI=1S/C20H35N5.HI/c1-20(2,3)24-13-12-22-19(21-4)23-16-18(25-14-8-9-15-25)17-10-6-5-7-11-17;/h5-7,10-11,18,24H,8-9,12-16H2,1-4H3,(H2,21,22,23);1H. The summed E-state index contributed by atoms with van der Waals surface area (Å²) < 4.78 is 0. The van der Waals surface area contributed by atoms with Crippen LogP contribution in [0.3, 0.4) is 0 Å². The topological polar surface area (TPSA) is 51.7 Å². The minimum Gasteiger partial charge on any atom is -0.355 e. The molecule has 3 N–H and O–H groups in total. The van der Waals surface area contributed by atoms with Crippen molar-refractivity contribution in [2.45, 2.75) is 45.2 Å². The Morgan fingerprint density at radius 2 is 1.73 bits per heavy atom. The van der Waals surface area contributed by atoms with Gasteiger partial charge in [0.25, 0.3) is 0 Å². The summed E-state index contributed by atoms with van der Waals surface area (Å²) >= 11 is 0. The molecule has 2 rings (SSSR count). The Morgan fingerprint density at radius 3 is 2.31 bits per heavy atom. The van der Waals surface area contributed by atoms with Crippen LogP contribution < -0.4 is 16.0 Å². The Hall–Kier alpha value is -0.860. The molecule has 0 spiro atoms. The Bertz CT molecular complexity index is 521. The van der Waals surface area contributed by atoms with Crippen molar-refractivity contribution in [3.05, 3.63) is 35.9 Å². The predicted octanol–water partition coefficient (Wildman–Crippen LogP) is 2.99. The largest absolute Gasteiger partial charge is 0.355 e. The van der Waals surface area contributed by atoms with Crippen LogP contribution in [0.5, 0.6) is 0 Å². The van der Waals surface area contributed by atoms with Gasteiger partial charge < -0.3 is 16.0 Å². The van der Waals surface area contributed by atoms with Crippen molar-refractivity contribution >= 4 is 29.9 Å². The number of nitrogens with one attached hydrogen (secondary N) is 3. The fourth-order valence-electron chi connectivity index (χ4n) is 3.22. The third-order valence-corrected chi connectivity index (χ3v) is 4.53. The van der Waals surface area contributed by atoms with Gasteiger partial charge in [0, 0.05) is 32.2 Å². The summed E-state index contributed by atoms with van der Waals surface area (Å²) in [7, 11) is 1.83. The molecule has 5 nitrogen and oxygen atoms in total. The Labute approximate surface area is 176 Å². The van der Waals surface area contributed by atoms with E-state index in [2.05, 4.69) is 76.9 Å². The number of guanidine groups is 1. The first-order valence-electron chi connectivity index (χ1n) is 9.48. The molecule has 0 saturated carbocycles. The van der Waals surface area contributed by atoms with Crippen LogP contribution in [-0.4, -0.2) is 56.2 Å². The SMILES string of the molecule is CN=C(NCCNC(C)(C)C)NCC(c1ccccc1)N1CCCC1.I. The molecule has 0 amide bonds. The van der Waals surface area contributed by atoms with Crippen LogP contribution in [0.25, 0.3) is 0 Å². The van der Waals surface area contributed by atoms with Crippen molar-refractivity contribution in [2.24, 2.45) is 4.99 Å². The molecule has 1 saturated heterocycles. The van der Waals surface area contributed by atoms with E-state index in [0.717, 1.165) is 25.6 Å². The Kier molecular flexibility index (Phi) is 10.5. The zero-order valence-corrected chi connectivity index (χ0v) is 19.0. The average molecular weight is 473 g/mol. The molecule has 1 aliphatic heterocycles. The van der Waals surface area contributed by atoms with Crippen molar-refractivity contribution in [3.63, 3.8) is 0 Å². The lowest BCUT2D eigenvalue weighted by molar-refractivity contribution is 0.245. The van der Waals surface area contributed by atoms with Gasteiger partial charge in [0.2, 0.25) is 0 Å². The molecule has 1 heterocycles. The first-order valence-corrected chi connectivity index (χ1v) is 9.48. The maximum Gasteiger partial charge on any atom is 0.191 e. The molecule has 0 bridgehead atoms. The highest BCUT2D eigenvalue weighted by Crippen LogP contribution is 2.24. The summed E-state index contributed by atoms with van der Waals surface area (Å²) in [5, 5.41) is 10.4. The van der Waals surface area contributed by atoms with Crippen LogP contribution in [0, 0.1) is 0 Å². The van der Waals surface area contributed by atoms with Gasteiger partial charge in [-0.3, -0.25) is 9.89 Å². The Balaban J connectivity index is 0.00000338. The van der Waals surface area contributed by atoms with E-state index in [9.17, 15) is 0 Å². The van der Waals surface area contributed by atoms with Gasteiger partial charge in [-0.1, -0.05) is 30.3 Å². The molecule has 1 aromatic carbocycles. The van der Waals surface area contributed by atoms with Gasteiger partial charge in [-0.05, 0) is 52.3 Å². The highest BCUT2D eigenvalue weighted by molar-refractivity contribution is 14.0. The van der Waals surface area contributed by atoms with Gasteiger partial charge in [0.15, 0.2) is 5.96 Å². The highest BCUT2D eigenvalue weighted by Gasteiger charge is 2.23. The molecule has 1 aromatic rings. The van der Waals surface area contributed by atoms with Crippen molar-refractivity contribution in [3.8, 4) is 0 Å². The fourth-order valence-corrected chi connectivity index (χ4v) is 3.22. The number of hydrogen-bond acceptors (Lipinski definition) is 3. The first-order chi connectivity index (χ1) is 12.0. The second-order valence-electron chi connectivity index (χ2n) is 7.73. The summed E-state index contributed by atoms with van der Waals surface area (Å²) in [5.74, 6) is 0.871. The minimum absolute atomic E-state index is 0. The molecule has 1 aliphatic rings. The van der Waals surface area contributed by atoms with Crippen molar-refractivity contribution < 1.29 is 0 Å². The third-order valence-electron chi connectivity index (χ3n) is 4.53. The molecule has 0 radical (unpaired) electrons. The lowest BCUT2D eigenvalue weighted by Gasteiger charge is -2.29. The van der Waals surface area contributed by atoms with Crippen LogP contribution in [0.4, 0.5) is 0 Å². The van der Waals surface area contributed by atoms with E-state index in [1.807, 2.05) is 7.05 Å². The van der Waals surface area contributed by atoms with E-state index in [1.54, 1.807) is 0 Å². The molecule has 1 fully saturated rings. The van der Waals surface area contributed by atoms with Gasteiger partial charge in [-0.2, -0.15) is 0 Å².